The molecule has 0 spiro atoms. The monoisotopic (exact) mass is 260 g/mol. The molecule has 2 atom stereocenters. The molecule has 4 nitrogen and oxygen atoms in total. The standard InChI is InChI=1S/C11H11F3N2O2/c1-5(11(12,13)14)18-6-2-3-7-8(4-6)16-10(17)9(7)15/h2-5,9H,15H2,1H3,(H,16,17). The average Bonchev–Trinajstić information content (AvgIpc) is 2.53. The number of nitrogens with two attached hydrogens (primary N) is 1. The zero-order chi connectivity index (χ0) is 13.5. The second kappa shape index (κ2) is 4.16. The minimum Gasteiger partial charge on any atom is -0.481 e. The first kappa shape index (κ1) is 12.7. The van der Waals surface area contributed by atoms with E-state index < -0.39 is 18.3 Å². The Morgan fingerprint density at radius 2 is 2.11 bits per heavy atom. The van der Waals surface area contributed by atoms with E-state index in [9.17, 15) is 18.0 Å². The van der Waals surface area contributed by atoms with Crippen LogP contribution in [-0.4, -0.2) is 18.2 Å². The number of benzene rings is 1. The van der Waals surface area contributed by atoms with Gasteiger partial charge in [0.1, 0.15) is 11.8 Å². The predicted molar refractivity (Wildman–Crippen MR) is 58.1 cm³/mol. The number of amides is 1. The number of fused-ring (bicyclic) bond motifs is 1. The summed E-state index contributed by atoms with van der Waals surface area (Å²) in [5, 5.41) is 2.47. The number of carbonyl (C=O) groups excluding carboxylic acids is 1. The van der Waals surface area contributed by atoms with E-state index in [0.717, 1.165) is 6.92 Å². The summed E-state index contributed by atoms with van der Waals surface area (Å²) in [7, 11) is 0. The molecule has 0 bridgehead atoms. The van der Waals surface area contributed by atoms with E-state index in [1.54, 1.807) is 0 Å². The number of rotatable bonds is 2. The van der Waals surface area contributed by atoms with Gasteiger partial charge < -0.3 is 15.8 Å². The van der Waals surface area contributed by atoms with Gasteiger partial charge in [-0.05, 0) is 13.0 Å². The lowest BCUT2D eigenvalue weighted by Crippen LogP contribution is -2.31. The zero-order valence-electron chi connectivity index (χ0n) is 9.41. The fraction of sp³-hybridized carbons (Fsp3) is 0.364. The number of ether oxygens (including phenoxy) is 1. The molecule has 2 unspecified atom stereocenters. The topological polar surface area (TPSA) is 64.3 Å². The summed E-state index contributed by atoms with van der Waals surface area (Å²) in [5.41, 5.74) is 6.51. The summed E-state index contributed by atoms with van der Waals surface area (Å²) < 4.78 is 41.7. The maximum Gasteiger partial charge on any atom is 0.425 e. The van der Waals surface area contributed by atoms with Crippen molar-refractivity contribution in [1.82, 2.24) is 0 Å². The van der Waals surface area contributed by atoms with Crippen LogP contribution in [0.3, 0.4) is 0 Å². The lowest BCUT2D eigenvalue weighted by Gasteiger charge is -2.18. The molecule has 0 saturated carbocycles. The highest BCUT2D eigenvalue weighted by Crippen LogP contribution is 2.33. The van der Waals surface area contributed by atoms with Crippen molar-refractivity contribution < 1.29 is 22.7 Å². The lowest BCUT2D eigenvalue weighted by molar-refractivity contribution is -0.189. The number of hydrogen-bond donors (Lipinski definition) is 2. The Bertz CT molecular complexity index is 488. The van der Waals surface area contributed by atoms with Crippen LogP contribution in [0.5, 0.6) is 5.75 Å². The summed E-state index contributed by atoms with van der Waals surface area (Å²) in [6.07, 6.45) is -6.35. The summed E-state index contributed by atoms with van der Waals surface area (Å²) in [5.74, 6) is -0.348. The molecular formula is C11H11F3N2O2. The van der Waals surface area contributed by atoms with Gasteiger partial charge in [0.2, 0.25) is 5.91 Å². The fourth-order valence-corrected chi connectivity index (χ4v) is 1.61. The SMILES string of the molecule is CC(Oc1ccc2c(c1)NC(=O)C2N)C(F)(F)F. The molecule has 1 aromatic rings. The molecule has 0 fully saturated rings. The van der Waals surface area contributed by atoms with Crippen molar-refractivity contribution >= 4 is 11.6 Å². The Hall–Kier alpha value is -1.76. The van der Waals surface area contributed by atoms with Crippen LogP contribution in [0.4, 0.5) is 18.9 Å². The van der Waals surface area contributed by atoms with Crippen LogP contribution in [0.15, 0.2) is 18.2 Å². The van der Waals surface area contributed by atoms with Crippen LogP contribution < -0.4 is 15.8 Å². The van der Waals surface area contributed by atoms with Gasteiger partial charge in [0.25, 0.3) is 0 Å². The van der Waals surface area contributed by atoms with Crippen molar-refractivity contribution in [3.63, 3.8) is 0 Å². The minimum atomic E-state index is -4.43. The third-order valence-corrected chi connectivity index (χ3v) is 2.67. The van der Waals surface area contributed by atoms with Gasteiger partial charge in [0, 0.05) is 17.3 Å². The van der Waals surface area contributed by atoms with Gasteiger partial charge >= 0.3 is 6.18 Å². The van der Waals surface area contributed by atoms with Gasteiger partial charge in [0.05, 0.1) is 0 Å². The van der Waals surface area contributed by atoms with Gasteiger partial charge in [-0.25, -0.2) is 0 Å². The largest absolute Gasteiger partial charge is 0.481 e. The first-order valence-corrected chi connectivity index (χ1v) is 5.23. The van der Waals surface area contributed by atoms with Crippen molar-refractivity contribution in [2.75, 3.05) is 5.32 Å². The quantitative estimate of drug-likeness (QED) is 0.854. The molecular weight excluding hydrogens is 249 g/mol. The van der Waals surface area contributed by atoms with Gasteiger partial charge in [-0.2, -0.15) is 13.2 Å². The first-order valence-electron chi connectivity index (χ1n) is 5.23. The van der Waals surface area contributed by atoms with Crippen molar-refractivity contribution in [1.29, 1.82) is 0 Å². The summed E-state index contributed by atoms with van der Waals surface area (Å²) in [6, 6.07) is 3.40. The average molecular weight is 260 g/mol. The molecule has 18 heavy (non-hydrogen) atoms. The summed E-state index contributed by atoms with van der Waals surface area (Å²) in [6.45, 7) is 0.914. The molecule has 0 aliphatic carbocycles. The maximum atomic E-state index is 12.3. The Labute approximate surface area is 101 Å². The normalized spacial score (nSPS) is 20.3. The number of hydrogen-bond acceptors (Lipinski definition) is 3. The molecule has 0 aromatic heterocycles. The number of anilines is 1. The molecule has 1 aliphatic rings. The molecule has 0 saturated heterocycles. The van der Waals surface area contributed by atoms with E-state index in [1.807, 2.05) is 0 Å². The van der Waals surface area contributed by atoms with E-state index in [0.29, 0.717) is 11.3 Å². The molecule has 1 aliphatic heterocycles. The van der Waals surface area contributed by atoms with Gasteiger partial charge in [0.15, 0.2) is 6.10 Å². The van der Waals surface area contributed by atoms with E-state index >= 15 is 0 Å². The Morgan fingerprint density at radius 3 is 2.72 bits per heavy atom. The number of alkyl halides is 3. The van der Waals surface area contributed by atoms with Crippen LogP contribution in [0.1, 0.15) is 18.5 Å². The zero-order valence-corrected chi connectivity index (χ0v) is 9.41. The highest BCUT2D eigenvalue weighted by atomic mass is 19.4. The number of halogens is 3. The van der Waals surface area contributed by atoms with E-state index in [2.05, 4.69) is 5.32 Å². The Kier molecular flexibility index (Phi) is 2.94. The Balaban J connectivity index is 2.19. The first-order chi connectivity index (χ1) is 8.29. The van der Waals surface area contributed by atoms with Crippen molar-refractivity contribution in [2.24, 2.45) is 5.73 Å². The number of nitrogens with one attached hydrogen (secondary N) is 1. The highest BCUT2D eigenvalue weighted by Gasteiger charge is 2.38. The van der Waals surface area contributed by atoms with Gasteiger partial charge in [-0.15, -0.1) is 0 Å². The highest BCUT2D eigenvalue weighted by molar-refractivity contribution is 6.02. The lowest BCUT2D eigenvalue weighted by atomic mass is 10.1. The summed E-state index contributed by atoms with van der Waals surface area (Å²) >= 11 is 0. The maximum absolute atomic E-state index is 12.3. The van der Waals surface area contributed by atoms with Crippen molar-refractivity contribution in [3.05, 3.63) is 23.8 Å². The molecule has 2 rings (SSSR count). The fourth-order valence-electron chi connectivity index (χ4n) is 1.61. The van der Waals surface area contributed by atoms with Gasteiger partial charge in [-0.1, -0.05) is 6.07 Å². The van der Waals surface area contributed by atoms with Crippen molar-refractivity contribution in [3.8, 4) is 5.75 Å². The second-order valence-corrected chi connectivity index (χ2v) is 4.02. The van der Waals surface area contributed by atoms with Gasteiger partial charge in [-0.3, -0.25) is 4.79 Å². The molecule has 1 amide bonds. The molecule has 7 heteroatoms. The predicted octanol–water partition coefficient (Wildman–Crippen LogP) is 1.97. The van der Waals surface area contributed by atoms with E-state index in [4.69, 9.17) is 10.5 Å². The second-order valence-electron chi connectivity index (χ2n) is 4.02. The molecule has 98 valence electrons. The van der Waals surface area contributed by atoms with Crippen LogP contribution in [0.25, 0.3) is 0 Å². The molecule has 1 aromatic carbocycles. The summed E-state index contributed by atoms with van der Waals surface area (Å²) in [4.78, 5) is 11.3. The molecule has 3 N–H and O–H groups in total. The van der Waals surface area contributed by atoms with E-state index in [-0.39, 0.29) is 11.7 Å². The van der Waals surface area contributed by atoms with Crippen LogP contribution in [-0.2, 0) is 4.79 Å². The van der Waals surface area contributed by atoms with Crippen LogP contribution >= 0.6 is 0 Å². The minimum absolute atomic E-state index is 0.0352. The molecule has 1 heterocycles. The van der Waals surface area contributed by atoms with Crippen LogP contribution in [0, 0.1) is 0 Å². The third-order valence-electron chi connectivity index (χ3n) is 2.67. The number of carbonyl (C=O) groups is 1. The van der Waals surface area contributed by atoms with E-state index in [1.165, 1.54) is 18.2 Å². The smallest absolute Gasteiger partial charge is 0.425 e. The third kappa shape index (κ3) is 2.26. The molecule has 0 radical (unpaired) electrons. The Morgan fingerprint density at radius 1 is 1.44 bits per heavy atom. The van der Waals surface area contributed by atoms with Crippen molar-refractivity contribution in [2.45, 2.75) is 25.2 Å². The van der Waals surface area contributed by atoms with Crippen LogP contribution in [0.2, 0.25) is 0 Å².